The van der Waals surface area contributed by atoms with Gasteiger partial charge in [-0.2, -0.15) is 10.2 Å². The van der Waals surface area contributed by atoms with E-state index < -0.39 is 5.97 Å². The number of para-hydroxylation sites is 1. The van der Waals surface area contributed by atoms with E-state index in [1.54, 1.807) is 25.1 Å². The molecular formula is C18H13Cl2N4O2-. The fourth-order valence-electron chi connectivity index (χ4n) is 2.33. The molecule has 0 bridgehead atoms. The van der Waals surface area contributed by atoms with E-state index in [4.69, 9.17) is 23.2 Å². The fraction of sp³-hybridized carbons (Fsp3) is 0.0556. The van der Waals surface area contributed by atoms with Crippen LogP contribution in [0.25, 0.3) is 5.69 Å². The molecule has 0 fully saturated rings. The van der Waals surface area contributed by atoms with E-state index in [1.807, 2.05) is 18.2 Å². The van der Waals surface area contributed by atoms with E-state index in [2.05, 4.69) is 15.6 Å². The van der Waals surface area contributed by atoms with E-state index in [0.29, 0.717) is 32.8 Å². The number of aryl methyl sites for hydroxylation is 1. The molecule has 0 radical (unpaired) electrons. The fourth-order valence-corrected chi connectivity index (χ4v) is 2.86. The molecule has 0 atom stereocenters. The summed E-state index contributed by atoms with van der Waals surface area (Å²) in [7, 11) is 0. The average molecular weight is 388 g/mol. The number of hydrogen-bond acceptors (Lipinski definition) is 5. The van der Waals surface area contributed by atoms with E-state index in [1.165, 1.54) is 23.0 Å². The van der Waals surface area contributed by atoms with Gasteiger partial charge >= 0.3 is 0 Å². The summed E-state index contributed by atoms with van der Waals surface area (Å²) < 4.78 is 1.54. The monoisotopic (exact) mass is 387 g/mol. The van der Waals surface area contributed by atoms with Gasteiger partial charge in [0, 0.05) is 0 Å². The SMILES string of the molecule is Cc1nn(-c2ccccc2Cl)c(Cl)c1/C=N\Nc1cccc(C(=O)[O-])c1. The Balaban J connectivity index is 1.85. The summed E-state index contributed by atoms with van der Waals surface area (Å²) in [4.78, 5) is 10.9. The van der Waals surface area contributed by atoms with Gasteiger partial charge in [0.25, 0.3) is 0 Å². The minimum Gasteiger partial charge on any atom is -0.545 e. The van der Waals surface area contributed by atoms with Crippen molar-refractivity contribution in [2.75, 3.05) is 5.43 Å². The third kappa shape index (κ3) is 3.71. The van der Waals surface area contributed by atoms with Crippen LogP contribution in [0.4, 0.5) is 5.69 Å². The zero-order valence-electron chi connectivity index (χ0n) is 13.6. The van der Waals surface area contributed by atoms with Gasteiger partial charge in [-0.25, -0.2) is 4.68 Å². The maximum Gasteiger partial charge on any atom is 0.142 e. The number of carbonyl (C=O) groups excluding carboxylic acids is 1. The maximum atomic E-state index is 10.9. The summed E-state index contributed by atoms with van der Waals surface area (Å²) >= 11 is 12.6. The number of nitrogens with zero attached hydrogens (tertiary/aromatic N) is 3. The number of rotatable bonds is 5. The Bertz CT molecular complexity index is 999. The number of carbonyl (C=O) groups is 1. The van der Waals surface area contributed by atoms with Crippen LogP contribution in [0.15, 0.2) is 53.6 Å². The van der Waals surface area contributed by atoms with Crippen molar-refractivity contribution in [3.63, 3.8) is 0 Å². The molecule has 0 aliphatic carbocycles. The summed E-state index contributed by atoms with van der Waals surface area (Å²) in [6.07, 6.45) is 1.52. The summed E-state index contributed by atoms with van der Waals surface area (Å²) in [5.41, 5.74) is 5.28. The topological polar surface area (TPSA) is 82.3 Å². The largest absolute Gasteiger partial charge is 0.545 e. The number of hydrogen-bond donors (Lipinski definition) is 1. The zero-order chi connectivity index (χ0) is 18.7. The Kier molecular flexibility index (Phi) is 5.25. The number of hydrazone groups is 1. The van der Waals surface area contributed by atoms with E-state index in [-0.39, 0.29) is 5.56 Å². The minimum absolute atomic E-state index is 0.0611. The molecule has 8 heteroatoms. The van der Waals surface area contributed by atoms with E-state index in [9.17, 15) is 9.90 Å². The molecule has 6 nitrogen and oxygen atoms in total. The van der Waals surface area contributed by atoms with Crippen molar-refractivity contribution in [1.82, 2.24) is 9.78 Å². The summed E-state index contributed by atoms with van der Waals surface area (Å²) in [5.74, 6) is -1.25. The van der Waals surface area contributed by atoms with E-state index >= 15 is 0 Å². The van der Waals surface area contributed by atoms with Crippen LogP contribution in [0.5, 0.6) is 0 Å². The number of halogens is 2. The number of carboxylic acids is 1. The standard InChI is InChI=1S/C18H14Cl2N4O2/c1-11-14(10-21-22-13-6-4-5-12(9-13)18(25)26)17(20)24(23-11)16-8-3-2-7-15(16)19/h2-10,22H,1H3,(H,25,26)/p-1/b21-10-. The third-order valence-corrected chi connectivity index (χ3v) is 4.30. The molecule has 1 heterocycles. The van der Waals surface area contributed by atoms with Crippen molar-refractivity contribution >= 4 is 41.1 Å². The van der Waals surface area contributed by atoms with Gasteiger partial charge in [-0.3, -0.25) is 5.43 Å². The lowest BCUT2D eigenvalue weighted by molar-refractivity contribution is -0.255. The van der Waals surface area contributed by atoms with Gasteiger partial charge < -0.3 is 9.90 Å². The lowest BCUT2D eigenvalue weighted by atomic mass is 10.2. The highest BCUT2D eigenvalue weighted by Gasteiger charge is 2.14. The number of aromatic carboxylic acids is 1. The molecule has 1 N–H and O–H groups in total. The van der Waals surface area contributed by atoms with Gasteiger partial charge in [0.1, 0.15) is 5.15 Å². The quantitative estimate of drug-likeness (QED) is 0.537. The molecule has 1 aromatic heterocycles. The molecule has 0 saturated heterocycles. The first-order valence-electron chi connectivity index (χ1n) is 7.58. The number of benzene rings is 2. The predicted octanol–water partition coefficient (Wildman–Crippen LogP) is 3.30. The van der Waals surface area contributed by atoms with E-state index in [0.717, 1.165) is 0 Å². The first-order valence-corrected chi connectivity index (χ1v) is 8.33. The van der Waals surface area contributed by atoms with Crippen molar-refractivity contribution in [3.8, 4) is 5.69 Å². The van der Waals surface area contributed by atoms with Gasteiger partial charge in [0.2, 0.25) is 0 Å². The summed E-state index contributed by atoms with van der Waals surface area (Å²) in [5, 5.41) is 20.3. The van der Waals surface area contributed by atoms with Crippen molar-refractivity contribution in [1.29, 1.82) is 0 Å². The van der Waals surface area contributed by atoms with Crippen molar-refractivity contribution in [2.45, 2.75) is 6.92 Å². The summed E-state index contributed by atoms with van der Waals surface area (Å²) in [6, 6.07) is 13.4. The second-order valence-corrected chi connectivity index (χ2v) is 6.16. The van der Waals surface area contributed by atoms with Crippen molar-refractivity contribution < 1.29 is 9.90 Å². The second-order valence-electron chi connectivity index (χ2n) is 5.39. The average Bonchev–Trinajstić information content (AvgIpc) is 2.90. The third-order valence-electron chi connectivity index (χ3n) is 3.61. The Morgan fingerprint density at radius 2 is 2.00 bits per heavy atom. The normalized spacial score (nSPS) is 11.0. The van der Waals surface area contributed by atoms with Gasteiger partial charge in [-0.15, -0.1) is 0 Å². The number of aromatic nitrogens is 2. The number of carboxylic acid groups (broad SMARTS) is 1. The van der Waals surface area contributed by atoms with Crippen molar-refractivity contribution in [2.24, 2.45) is 5.10 Å². The molecule has 0 amide bonds. The zero-order valence-corrected chi connectivity index (χ0v) is 15.1. The minimum atomic E-state index is -1.25. The molecule has 0 saturated carbocycles. The van der Waals surface area contributed by atoms with Gasteiger partial charge in [-0.1, -0.05) is 47.5 Å². The van der Waals surface area contributed by atoms with Crippen LogP contribution in [-0.2, 0) is 0 Å². The first-order chi connectivity index (χ1) is 12.5. The Labute approximate surface area is 159 Å². The highest BCUT2D eigenvalue weighted by Crippen LogP contribution is 2.26. The second kappa shape index (κ2) is 7.59. The van der Waals surface area contributed by atoms with Crippen LogP contribution in [0, 0.1) is 6.92 Å². The molecule has 3 aromatic rings. The Hall–Kier alpha value is -2.83. The summed E-state index contributed by atoms with van der Waals surface area (Å²) in [6.45, 7) is 1.80. The van der Waals surface area contributed by atoms with Crippen LogP contribution in [0.2, 0.25) is 10.2 Å². The molecule has 26 heavy (non-hydrogen) atoms. The molecule has 0 aliphatic heterocycles. The highest BCUT2D eigenvalue weighted by atomic mass is 35.5. The van der Waals surface area contributed by atoms with Crippen LogP contribution >= 0.6 is 23.2 Å². The molecule has 0 unspecified atom stereocenters. The highest BCUT2D eigenvalue weighted by molar-refractivity contribution is 6.34. The van der Waals surface area contributed by atoms with Crippen LogP contribution in [0.3, 0.4) is 0 Å². The van der Waals surface area contributed by atoms with Crippen molar-refractivity contribution in [3.05, 3.63) is 75.5 Å². The van der Waals surface area contributed by atoms with Crippen LogP contribution < -0.4 is 10.5 Å². The lowest BCUT2D eigenvalue weighted by Crippen LogP contribution is -2.22. The van der Waals surface area contributed by atoms with Crippen LogP contribution in [-0.4, -0.2) is 22.0 Å². The number of nitrogens with one attached hydrogen (secondary N) is 1. The van der Waals surface area contributed by atoms with Gasteiger partial charge in [-0.05, 0) is 36.8 Å². The lowest BCUT2D eigenvalue weighted by Gasteiger charge is -2.05. The van der Waals surface area contributed by atoms with Gasteiger partial charge in [0.05, 0.1) is 39.8 Å². The van der Waals surface area contributed by atoms with Gasteiger partial charge in [0.15, 0.2) is 0 Å². The first kappa shape index (κ1) is 18.0. The molecule has 132 valence electrons. The molecule has 0 spiro atoms. The molecule has 0 aliphatic rings. The Morgan fingerprint density at radius 3 is 2.73 bits per heavy atom. The predicted molar refractivity (Wildman–Crippen MR) is 100 cm³/mol. The molecule has 2 aromatic carbocycles. The number of anilines is 1. The maximum absolute atomic E-state index is 10.9. The molecular weight excluding hydrogens is 375 g/mol. The smallest absolute Gasteiger partial charge is 0.142 e. The molecule has 3 rings (SSSR count). The van der Waals surface area contributed by atoms with Crippen LogP contribution in [0.1, 0.15) is 21.6 Å². The Morgan fingerprint density at radius 1 is 1.23 bits per heavy atom.